The molecule has 0 spiro atoms. The Morgan fingerprint density at radius 1 is 0.613 bits per heavy atom. The van der Waals surface area contributed by atoms with Crippen molar-refractivity contribution < 1.29 is 31.1 Å². The molecule has 0 N–H and O–H groups in total. The topological polar surface area (TPSA) is 59.3 Å². The minimum atomic E-state index is -2.60. The predicted octanol–water partition coefficient (Wildman–Crippen LogP) is 4.00. The average molecular weight is 475 g/mol. The fourth-order valence-corrected chi connectivity index (χ4v) is 8.77. The molecule has 9 heteroatoms. The minimum Gasteiger partial charge on any atom is -0.374 e. The van der Waals surface area contributed by atoms with Crippen molar-refractivity contribution in [2.75, 3.05) is 39.6 Å². The second kappa shape index (κ2) is 16.0. The number of nitrogens with zero attached hydrogens (tertiary/aromatic N) is 1. The van der Waals surface area contributed by atoms with Crippen LogP contribution in [-0.2, 0) is 39.5 Å². The van der Waals surface area contributed by atoms with Crippen molar-refractivity contribution in [1.82, 2.24) is 0 Å². The van der Waals surface area contributed by atoms with Gasteiger partial charge in [-0.3, -0.25) is 0 Å². The zero-order valence-electron chi connectivity index (χ0n) is 20.5. The summed E-state index contributed by atoms with van der Waals surface area (Å²) in [5.41, 5.74) is 1.26. The normalized spacial score (nSPS) is 12.5. The van der Waals surface area contributed by atoms with E-state index in [0.29, 0.717) is 39.6 Å². The molecule has 0 atom stereocenters. The maximum Gasteiger partial charge on any atom is 0.501 e. The molecule has 0 fully saturated rings. The van der Waals surface area contributed by atoms with Gasteiger partial charge in [0.15, 0.2) is 12.4 Å². The van der Waals surface area contributed by atoms with E-state index in [-0.39, 0.29) is 0 Å². The Hall–Kier alpha value is -0.656. The molecular weight excluding hydrogens is 430 g/mol. The van der Waals surface area contributed by atoms with Crippen molar-refractivity contribution in [1.29, 1.82) is 0 Å². The van der Waals surface area contributed by atoms with Gasteiger partial charge in [-0.15, -0.1) is 0 Å². The summed E-state index contributed by atoms with van der Waals surface area (Å²) in [4.78, 5) is 0. The average Bonchev–Trinajstić information content (AvgIpc) is 2.74. The van der Waals surface area contributed by atoms with Crippen LogP contribution in [0.1, 0.15) is 53.5 Å². The third kappa shape index (κ3) is 10.2. The molecule has 1 heterocycles. The van der Waals surface area contributed by atoms with Gasteiger partial charge in [0, 0.05) is 70.3 Å². The van der Waals surface area contributed by atoms with Crippen molar-refractivity contribution in [2.45, 2.75) is 73.0 Å². The number of aryl methyl sites for hydroxylation is 2. The van der Waals surface area contributed by atoms with Crippen molar-refractivity contribution in [3.8, 4) is 0 Å². The molecule has 0 radical (unpaired) electrons. The molecule has 180 valence electrons. The van der Waals surface area contributed by atoms with E-state index in [4.69, 9.17) is 26.6 Å². The molecule has 0 aliphatic carbocycles. The maximum atomic E-state index is 5.96. The first-order valence-electron chi connectivity index (χ1n) is 11.8. The molecule has 7 nitrogen and oxygen atoms in total. The van der Waals surface area contributed by atoms with Crippen molar-refractivity contribution in [2.24, 2.45) is 0 Å². The lowest BCUT2D eigenvalue weighted by atomic mass is 10.2. The molecule has 0 bridgehead atoms. The van der Waals surface area contributed by atoms with Crippen LogP contribution in [0.25, 0.3) is 0 Å². The highest BCUT2D eigenvalue weighted by Crippen LogP contribution is 2.20. The number of aromatic nitrogens is 1. The SMILES string of the molecule is CCO[Si](CCC[n+]1ccc(CC[Si](OCC)(OCC)OCC)cc1)(OCC)OCC. The lowest BCUT2D eigenvalue weighted by Gasteiger charge is -2.28. The predicted molar refractivity (Wildman–Crippen MR) is 126 cm³/mol. The largest absolute Gasteiger partial charge is 0.501 e. The van der Waals surface area contributed by atoms with E-state index in [1.54, 1.807) is 0 Å². The fourth-order valence-electron chi connectivity index (χ4n) is 3.58. The van der Waals surface area contributed by atoms with E-state index in [1.807, 2.05) is 41.5 Å². The first-order valence-corrected chi connectivity index (χ1v) is 15.7. The second-order valence-corrected chi connectivity index (χ2v) is 12.5. The summed E-state index contributed by atoms with van der Waals surface area (Å²) < 4.78 is 37.9. The summed E-state index contributed by atoms with van der Waals surface area (Å²) in [6, 6.07) is 5.95. The molecule has 1 rings (SSSR count). The number of hydrogen-bond acceptors (Lipinski definition) is 6. The van der Waals surface area contributed by atoms with Crippen LogP contribution in [0.4, 0.5) is 0 Å². The first kappa shape index (κ1) is 28.4. The number of pyridine rings is 1. The molecule has 0 unspecified atom stereocenters. The Bertz CT molecular complexity index is 542. The molecule has 0 saturated heterocycles. The van der Waals surface area contributed by atoms with Gasteiger partial charge in [-0.2, -0.15) is 0 Å². The smallest absolute Gasteiger partial charge is 0.374 e. The van der Waals surface area contributed by atoms with E-state index in [1.165, 1.54) is 5.56 Å². The molecule has 1 aromatic rings. The van der Waals surface area contributed by atoms with Crippen molar-refractivity contribution in [3.05, 3.63) is 30.1 Å². The molecule has 0 amide bonds. The fraction of sp³-hybridized carbons (Fsp3) is 0.773. The molecule has 31 heavy (non-hydrogen) atoms. The number of rotatable bonds is 19. The maximum absolute atomic E-state index is 5.96. The Kier molecular flexibility index (Phi) is 14.7. The van der Waals surface area contributed by atoms with E-state index in [9.17, 15) is 0 Å². The minimum absolute atomic E-state index is 0.608. The summed E-state index contributed by atoms with van der Waals surface area (Å²) in [5, 5.41) is 0. The summed E-state index contributed by atoms with van der Waals surface area (Å²) in [7, 11) is -5.17. The highest BCUT2D eigenvalue weighted by molar-refractivity contribution is 6.61. The van der Waals surface area contributed by atoms with E-state index >= 15 is 0 Å². The molecule has 0 aliphatic rings. The third-order valence-electron chi connectivity index (χ3n) is 4.76. The van der Waals surface area contributed by atoms with E-state index < -0.39 is 17.6 Å². The van der Waals surface area contributed by atoms with Gasteiger partial charge in [-0.25, -0.2) is 4.57 Å². The second-order valence-electron chi connectivity index (χ2n) is 7.01. The quantitative estimate of drug-likeness (QED) is 0.223. The highest BCUT2D eigenvalue weighted by Gasteiger charge is 2.41. The van der Waals surface area contributed by atoms with E-state index in [2.05, 4.69) is 29.1 Å². The Balaban J connectivity index is 2.64. The Morgan fingerprint density at radius 3 is 1.39 bits per heavy atom. The summed E-state index contributed by atoms with van der Waals surface area (Å²) >= 11 is 0. The van der Waals surface area contributed by atoms with Crippen molar-refractivity contribution >= 4 is 17.6 Å². The zero-order chi connectivity index (χ0) is 23.0. The monoisotopic (exact) mass is 474 g/mol. The highest BCUT2D eigenvalue weighted by atomic mass is 28.4. The van der Waals surface area contributed by atoms with Gasteiger partial charge in [-0.1, -0.05) is 0 Å². The lowest BCUT2D eigenvalue weighted by Crippen LogP contribution is -2.47. The van der Waals surface area contributed by atoms with Gasteiger partial charge in [0.05, 0.1) is 0 Å². The van der Waals surface area contributed by atoms with Gasteiger partial charge >= 0.3 is 17.6 Å². The number of hydrogen-bond donors (Lipinski definition) is 0. The van der Waals surface area contributed by atoms with Crippen LogP contribution < -0.4 is 4.57 Å². The summed E-state index contributed by atoms with van der Waals surface area (Å²) in [6.07, 6.45) is 6.09. The van der Waals surface area contributed by atoms with Crippen LogP contribution in [-0.4, -0.2) is 57.3 Å². The zero-order valence-corrected chi connectivity index (χ0v) is 22.5. The molecule has 0 aromatic carbocycles. The Morgan fingerprint density at radius 2 is 1.00 bits per heavy atom. The van der Waals surface area contributed by atoms with Crippen molar-refractivity contribution in [3.63, 3.8) is 0 Å². The summed E-state index contributed by atoms with van der Waals surface area (Å²) in [6.45, 7) is 16.5. The van der Waals surface area contributed by atoms with Gasteiger partial charge < -0.3 is 26.6 Å². The van der Waals surface area contributed by atoms with E-state index in [0.717, 1.165) is 31.5 Å². The summed E-state index contributed by atoms with van der Waals surface area (Å²) in [5.74, 6) is 0. The van der Waals surface area contributed by atoms with Crippen LogP contribution in [0.2, 0.25) is 12.1 Å². The van der Waals surface area contributed by atoms with Gasteiger partial charge in [0.1, 0.15) is 6.54 Å². The van der Waals surface area contributed by atoms with Crippen LogP contribution in [0, 0.1) is 0 Å². The van der Waals surface area contributed by atoms with Gasteiger partial charge in [-0.05, 0) is 53.5 Å². The Labute approximate surface area is 191 Å². The molecule has 0 aliphatic heterocycles. The van der Waals surface area contributed by atoms with Crippen LogP contribution in [0.15, 0.2) is 24.5 Å². The van der Waals surface area contributed by atoms with Gasteiger partial charge in [0.2, 0.25) is 0 Å². The standard InChI is InChI=1S/C22H44NO6Si2/c1-7-24-30(25-8-2,26-9-3)20-13-17-23-18-14-22(15-19-23)16-21-31(27-10-4,28-11-5)29-12-6/h14-15,18-19H,7-13,16-17,20-21H2,1-6H3/q+1. The molecular formula is C22H44NO6Si2+. The lowest BCUT2D eigenvalue weighted by molar-refractivity contribution is -0.697. The molecule has 0 saturated carbocycles. The van der Waals surface area contributed by atoms with Crippen LogP contribution in [0.3, 0.4) is 0 Å². The first-order chi connectivity index (χ1) is 15.0. The molecule has 1 aromatic heterocycles. The van der Waals surface area contributed by atoms with Gasteiger partial charge in [0.25, 0.3) is 0 Å². The van der Waals surface area contributed by atoms with Crippen LogP contribution in [0.5, 0.6) is 0 Å². The van der Waals surface area contributed by atoms with Crippen LogP contribution >= 0.6 is 0 Å². The third-order valence-corrected chi connectivity index (χ3v) is 11.0.